The van der Waals surface area contributed by atoms with Gasteiger partial charge in [-0.15, -0.1) is 0 Å². The van der Waals surface area contributed by atoms with E-state index in [1.54, 1.807) is 0 Å². The molecule has 0 bridgehead atoms. The number of amides is 1. The van der Waals surface area contributed by atoms with Crippen LogP contribution < -0.4 is 5.32 Å². The van der Waals surface area contributed by atoms with Gasteiger partial charge in [0.15, 0.2) is 0 Å². The molecule has 0 saturated heterocycles. The summed E-state index contributed by atoms with van der Waals surface area (Å²) in [6.07, 6.45) is 2.40. The molecule has 1 rings (SSSR count). The Morgan fingerprint density at radius 3 is 2.82 bits per heavy atom. The van der Waals surface area contributed by atoms with Gasteiger partial charge in [0.25, 0.3) is 0 Å². The van der Waals surface area contributed by atoms with E-state index < -0.39 is 5.60 Å². The zero-order valence-corrected chi connectivity index (χ0v) is 10.6. The third kappa shape index (κ3) is 5.45. The number of azide groups is 1. The zero-order valence-electron chi connectivity index (χ0n) is 10.6. The molecular weight excluding hydrogens is 220 g/mol. The lowest BCUT2D eigenvalue weighted by Crippen LogP contribution is -2.38. The molecule has 0 aromatic heterocycles. The van der Waals surface area contributed by atoms with Gasteiger partial charge in [0.1, 0.15) is 5.60 Å². The van der Waals surface area contributed by atoms with Crippen LogP contribution in [0.15, 0.2) is 5.11 Å². The zero-order chi connectivity index (χ0) is 12.9. The second-order valence-corrected chi connectivity index (χ2v) is 5.44. The predicted molar refractivity (Wildman–Crippen MR) is 64.5 cm³/mol. The molecule has 1 amide bonds. The number of nitrogens with zero attached hydrogens (tertiary/aromatic N) is 3. The topological polar surface area (TPSA) is 87.1 Å². The van der Waals surface area contributed by atoms with E-state index in [2.05, 4.69) is 15.3 Å². The van der Waals surface area contributed by atoms with E-state index in [1.807, 2.05) is 20.8 Å². The van der Waals surface area contributed by atoms with Crippen molar-refractivity contribution in [3.8, 4) is 0 Å². The smallest absolute Gasteiger partial charge is 0.407 e. The van der Waals surface area contributed by atoms with Crippen LogP contribution in [0.1, 0.15) is 40.0 Å². The molecule has 2 atom stereocenters. The summed E-state index contributed by atoms with van der Waals surface area (Å²) in [5.74, 6) is 0.380. The molecule has 1 N–H and O–H groups in total. The maximum atomic E-state index is 11.5. The van der Waals surface area contributed by atoms with Crippen LogP contribution in [-0.2, 0) is 4.74 Å². The fourth-order valence-corrected chi connectivity index (χ4v) is 2.00. The Balaban J connectivity index is 2.30. The molecule has 1 aliphatic carbocycles. The number of carbonyl (C=O) groups is 1. The summed E-state index contributed by atoms with van der Waals surface area (Å²) < 4.78 is 5.18. The lowest BCUT2D eigenvalue weighted by molar-refractivity contribution is 0.0504. The summed E-state index contributed by atoms with van der Waals surface area (Å²) in [5, 5.41) is 6.41. The molecule has 0 aromatic rings. The van der Waals surface area contributed by atoms with Gasteiger partial charge >= 0.3 is 6.09 Å². The van der Waals surface area contributed by atoms with E-state index in [1.165, 1.54) is 0 Å². The summed E-state index contributed by atoms with van der Waals surface area (Å²) in [7, 11) is 0. The quantitative estimate of drug-likeness (QED) is 0.467. The minimum Gasteiger partial charge on any atom is -0.444 e. The molecule has 0 heterocycles. The van der Waals surface area contributed by atoms with E-state index in [-0.39, 0.29) is 12.1 Å². The Hall–Kier alpha value is -1.42. The fourth-order valence-electron chi connectivity index (χ4n) is 2.00. The predicted octanol–water partition coefficient (Wildman–Crippen LogP) is 2.99. The van der Waals surface area contributed by atoms with Crippen molar-refractivity contribution in [2.45, 2.75) is 51.7 Å². The molecule has 0 spiro atoms. The normalized spacial score (nSPS) is 23.9. The van der Waals surface area contributed by atoms with Crippen molar-refractivity contribution in [2.24, 2.45) is 11.0 Å². The average molecular weight is 240 g/mol. The van der Waals surface area contributed by atoms with Crippen molar-refractivity contribution < 1.29 is 9.53 Å². The largest absolute Gasteiger partial charge is 0.444 e. The Morgan fingerprint density at radius 1 is 1.53 bits per heavy atom. The van der Waals surface area contributed by atoms with Crippen LogP contribution in [0.3, 0.4) is 0 Å². The first-order chi connectivity index (χ1) is 7.90. The summed E-state index contributed by atoms with van der Waals surface area (Å²) in [5.41, 5.74) is 7.77. The Morgan fingerprint density at radius 2 is 2.24 bits per heavy atom. The average Bonchev–Trinajstić information content (AvgIpc) is 2.59. The fraction of sp³-hybridized carbons (Fsp3) is 0.909. The highest BCUT2D eigenvalue weighted by Crippen LogP contribution is 2.26. The Kier molecular flexibility index (Phi) is 4.63. The van der Waals surface area contributed by atoms with Crippen molar-refractivity contribution in [3.05, 3.63) is 10.4 Å². The molecule has 0 aromatic carbocycles. The van der Waals surface area contributed by atoms with Crippen molar-refractivity contribution >= 4 is 6.09 Å². The molecule has 1 fully saturated rings. The first-order valence-electron chi connectivity index (χ1n) is 5.91. The second-order valence-electron chi connectivity index (χ2n) is 5.44. The molecule has 6 heteroatoms. The van der Waals surface area contributed by atoms with Crippen molar-refractivity contribution in [1.29, 1.82) is 0 Å². The molecule has 0 radical (unpaired) electrons. The highest BCUT2D eigenvalue weighted by atomic mass is 16.6. The monoisotopic (exact) mass is 240 g/mol. The number of nitrogens with one attached hydrogen (secondary N) is 1. The number of hydrogen-bond acceptors (Lipinski definition) is 3. The van der Waals surface area contributed by atoms with Gasteiger partial charge in [-0.3, -0.25) is 0 Å². The summed E-state index contributed by atoms with van der Waals surface area (Å²) in [4.78, 5) is 14.3. The standard InChI is InChI=1S/C11H20N4O2/c1-11(2,3)17-10(16)14-9-5-4-8(6-9)7-13-15-12/h8-9H,4-7H2,1-3H3,(H,14,16)/t8-,9+/m0/s1. The SMILES string of the molecule is CC(C)(C)OC(=O)N[C@@H]1CC[C@H](CN=[N+]=[N-])C1. The third-order valence-electron chi connectivity index (χ3n) is 2.67. The first kappa shape index (κ1) is 13.6. The number of carbonyl (C=O) groups excluding carboxylic acids is 1. The van der Waals surface area contributed by atoms with Crippen LogP contribution in [-0.4, -0.2) is 24.3 Å². The van der Waals surface area contributed by atoms with E-state index >= 15 is 0 Å². The van der Waals surface area contributed by atoms with Crippen LogP contribution in [0.2, 0.25) is 0 Å². The molecule has 0 unspecified atom stereocenters. The van der Waals surface area contributed by atoms with Gasteiger partial charge in [0, 0.05) is 17.5 Å². The maximum Gasteiger partial charge on any atom is 0.407 e. The highest BCUT2D eigenvalue weighted by Gasteiger charge is 2.27. The van der Waals surface area contributed by atoms with Gasteiger partial charge in [0.2, 0.25) is 0 Å². The second kappa shape index (κ2) is 5.77. The third-order valence-corrected chi connectivity index (χ3v) is 2.67. The molecule has 96 valence electrons. The van der Waals surface area contributed by atoms with Crippen LogP contribution in [0.25, 0.3) is 10.4 Å². The molecular formula is C11H20N4O2. The molecule has 1 aliphatic rings. The molecule has 17 heavy (non-hydrogen) atoms. The van der Waals surface area contributed by atoms with Crippen molar-refractivity contribution in [2.75, 3.05) is 6.54 Å². The van der Waals surface area contributed by atoms with Crippen LogP contribution in [0.4, 0.5) is 4.79 Å². The van der Waals surface area contributed by atoms with Gasteiger partial charge in [-0.2, -0.15) is 0 Å². The van der Waals surface area contributed by atoms with E-state index in [0.29, 0.717) is 12.5 Å². The van der Waals surface area contributed by atoms with Gasteiger partial charge in [-0.1, -0.05) is 5.11 Å². The number of hydrogen-bond donors (Lipinski definition) is 1. The highest BCUT2D eigenvalue weighted by molar-refractivity contribution is 5.68. The van der Waals surface area contributed by atoms with Gasteiger partial charge < -0.3 is 10.1 Å². The van der Waals surface area contributed by atoms with Crippen molar-refractivity contribution in [3.63, 3.8) is 0 Å². The van der Waals surface area contributed by atoms with E-state index in [4.69, 9.17) is 10.3 Å². The molecule has 1 saturated carbocycles. The maximum absolute atomic E-state index is 11.5. The summed E-state index contributed by atoms with van der Waals surface area (Å²) in [6.45, 7) is 6.03. The number of rotatable bonds is 3. The van der Waals surface area contributed by atoms with Crippen LogP contribution in [0, 0.1) is 5.92 Å². The molecule has 0 aliphatic heterocycles. The van der Waals surface area contributed by atoms with Crippen LogP contribution >= 0.6 is 0 Å². The van der Waals surface area contributed by atoms with E-state index in [9.17, 15) is 4.79 Å². The summed E-state index contributed by atoms with van der Waals surface area (Å²) in [6, 6.07) is 0.142. The lowest BCUT2D eigenvalue weighted by Gasteiger charge is -2.21. The summed E-state index contributed by atoms with van der Waals surface area (Å²) >= 11 is 0. The van der Waals surface area contributed by atoms with E-state index in [0.717, 1.165) is 19.3 Å². The van der Waals surface area contributed by atoms with Gasteiger partial charge in [0.05, 0.1) is 0 Å². The van der Waals surface area contributed by atoms with Gasteiger partial charge in [-0.05, 0) is 51.5 Å². The Bertz CT molecular complexity index is 318. The van der Waals surface area contributed by atoms with Crippen LogP contribution in [0.5, 0.6) is 0 Å². The minimum atomic E-state index is -0.465. The number of alkyl carbamates (subject to hydrolysis) is 1. The lowest BCUT2D eigenvalue weighted by atomic mass is 10.1. The first-order valence-corrected chi connectivity index (χ1v) is 5.91. The number of ether oxygens (including phenoxy) is 1. The molecule has 6 nitrogen and oxygen atoms in total. The van der Waals surface area contributed by atoms with Gasteiger partial charge in [-0.25, -0.2) is 4.79 Å². The minimum absolute atomic E-state index is 0.142. The van der Waals surface area contributed by atoms with Crippen molar-refractivity contribution in [1.82, 2.24) is 5.32 Å². The Labute approximate surface area is 101 Å².